The first-order chi connectivity index (χ1) is 9.77. The van der Waals surface area contributed by atoms with Crippen molar-refractivity contribution >= 4 is 49.9 Å². The van der Waals surface area contributed by atoms with E-state index in [9.17, 15) is 13.2 Å². The molecule has 110 valence electrons. The molecule has 1 aromatic heterocycles. The van der Waals surface area contributed by atoms with E-state index in [1.165, 1.54) is 0 Å². The molecular formula is C12H8Cl2N2O3S2. The number of hydrogen-bond donors (Lipinski definition) is 0. The highest BCUT2D eigenvalue weighted by atomic mass is 35.5. The maximum Gasteiger partial charge on any atom is 0.247 e. The summed E-state index contributed by atoms with van der Waals surface area (Å²) in [6.45, 7) is 0. The van der Waals surface area contributed by atoms with Crippen molar-refractivity contribution < 1.29 is 13.2 Å². The van der Waals surface area contributed by atoms with Crippen molar-refractivity contribution in [3.05, 3.63) is 46.2 Å². The zero-order valence-corrected chi connectivity index (χ0v) is 13.7. The Bertz CT molecular complexity index is 793. The molecule has 0 bridgehead atoms. The van der Waals surface area contributed by atoms with Crippen LogP contribution in [-0.2, 0) is 9.84 Å². The summed E-state index contributed by atoms with van der Waals surface area (Å²) < 4.78 is 22.8. The Labute approximate surface area is 135 Å². The minimum absolute atomic E-state index is 0.00568. The lowest BCUT2D eigenvalue weighted by Gasteiger charge is -2.04. The molecule has 0 fully saturated rings. The smallest absolute Gasteiger partial charge is 0.247 e. The van der Waals surface area contributed by atoms with Crippen molar-refractivity contribution in [1.29, 1.82) is 0 Å². The Morgan fingerprint density at radius 3 is 2.38 bits per heavy atom. The normalized spacial score (nSPS) is 11.4. The topological polar surface area (TPSA) is 77.0 Å². The molecule has 0 aliphatic heterocycles. The molecule has 0 unspecified atom stereocenters. The van der Waals surface area contributed by atoms with Crippen LogP contribution in [0.2, 0.25) is 10.0 Å². The van der Waals surface area contributed by atoms with E-state index in [0.717, 1.165) is 24.2 Å². The van der Waals surface area contributed by atoms with E-state index < -0.39 is 20.1 Å². The van der Waals surface area contributed by atoms with E-state index in [-0.39, 0.29) is 10.7 Å². The van der Waals surface area contributed by atoms with E-state index in [0.29, 0.717) is 9.92 Å². The highest BCUT2D eigenvalue weighted by Crippen LogP contribution is 2.26. The molecule has 0 radical (unpaired) electrons. The van der Waals surface area contributed by atoms with Crippen LogP contribution in [0.25, 0.3) is 0 Å². The summed E-state index contributed by atoms with van der Waals surface area (Å²) in [5.41, 5.74) is -0.146. The average Bonchev–Trinajstić information content (AvgIpc) is 2.40. The quantitative estimate of drug-likeness (QED) is 0.616. The number of thioether (sulfide) groups is 1. The largest absolute Gasteiger partial charge is 0.279 e. The van der Waals surface area contributed by atoms with Crippen LogP contribution < -0.4 is 0 Å². The Balaban J connectivity index is 2.32. The number of hydrogen-bond acceptors (Lipinski definition) is 6. The number of sulfone groups is 1. The van der Waals surface area contributed by atoms with Gasteiger partial charge in [0.15, 0.2) is 0 Å². The lowest BCUT2D eigenvalue weighted by molar-refractivity contribution is 0.108. The monoisotopic (exact) mass is 362 g/mol. The summed E-state index contributed by atoms with van der Waals surface area (Å²) in [7, 11) is -3.61. The molecule has 0 amide bonds. The van der Waals surface area contributed by atoms with Gasteiger partial charge in [0, 0.05) is 16.2 Å². The first-order valence-electron chi connectivity index (χ1n) is 5.48. The average molecular weight is 363 g/mol. The predicted octanol–water partition coefficient (Wildman–Crippen LogP) is 3.12. The summed E-state index contributed by atoms with van der Waals surface area (Å²) in [6, 6.07) is 6.61. The zero-order valence-electron chi connectivity index (χ0n) is 10.6. The molecule has 0 N–H and O–H groups in total. The maximum absolute atomic E-state index is 12.2. The Hall–Kier alpha value is -1.15. The summed E-state index contributed by atoms with van der Waals surface area (Å²) in [6.07, 6.45) is 2.05. The molecule has 1 aromatic carbocycles. The molecule has 2 rings (SSSR count). The molecule has 0 aliphatic carbocycles. The molecule has 0 atom stereocenters. The molecule has 1 heterocycles. The van der Waals surface area contributed by atoms with E-state index >= 15 is 0 Å². The second-order valence-electron chi connectivity index (χ2n) is 3.96. The standard InChI is InChI=1S/C12H8Cl2N2O3S2/c1-21(18,19)12-15-6-9(14)10(16-12)11(17)20-8-4-2-7(13)3-5-8/h2-6H,1H3. The highest BCUT2D eigenvalue weighted by molar-refractivity contribution is 8.14. The van der Waals surface area contributed by atoms with Gasteiger partial charge in [-0.3, -0.25) is 4.79 Å². The number of halogens is 2. The van der Waals surface area contributed by atoms with Crippen molar-refractivity contribution in [2.75, 3.05) is 6.26 Å². The summed E-state index contributed by atoms with van der Waals surface area (Å²) in [4.78, 5) is 20.1. The van der Waals surface area contributed by atoms with E-state index in [1.54, 1.807) is 24.3 Å². The Morgan fingerprint density at radius 1 is 1.19 bits per heavy atom. The number of nitrogens with zero attached hydrogens (tertiary/aromatic N) is 2. The van der Waals surface area contributed by atoms with Crippen LogP contribution in [0.5, 0.6) is 0 Å². The third kappa shape index (κ3) is 4.16. The molecule has 0 saturated heterocycles. The van der Waals surface area contributed by atoms with Gasteiger partial charge in [-0.2, -0.15) is 0 Å². The van der Waals surface area contributed by atoms with Crippen LogP contribution in [-0.4, -0.2) is 29.8 Å². The minimum Gasteiger partial charge on any atom is -0.279 e. The summed E-state index contributed by atoms with van der Waals surface area (Å²) in [5.74, 6) is 0. The van der Waals surface area contributed by atoms with Gasteiger partial charge in [-0.15, -0.1) is 0 Å². The van der Waals surface area contributed by atoms with Crippen molar-refractivity contribution in [2.45, 2.75) is 10.1 Å². The van der Waals surface area contributed by atoms with Crippen LogP contribution in [0.1, 0.15) is 10.5 Å². The second-order valence-corrected chi connectivity index (χ2v) is 7.76. The number of rotatable bonds is 3. The van der Waals surface area contributed by atoms with E-state index in [4.69, 9.17) is 23.2 Å². The molecule has 2 aromatic rings. The number of carbonyl (C=O) groups is 1. The van der Waals surface area contributed by atoms with Crippen LogP contribution in [0, 0.1) is 0 Å². The fourth-order valence-corrected chi connectivity index (χ4v) is 2.93. The molecule has 21 heavy (non-hydrogen) atoms. The number of benzene rings is 1. The molecule has 0 spiro atoms. The van der Waals surface area contributed by atoms with Gasteiger partial charge in [0.25, 0.3) is 0 Å². The zero-order chi connectivity index (χ0) is 15.6. The van der Waals surface area contributed by atoms with Crippen LogP contribution in [0.3, 0.4) is 0 Å². The SMILES string of the molecule is CS(=O)(=O)c1ncc(Cl)c(C(=O)Sc2ccc(Cl)cc2)n1. The molecule has 5 nitrogen and oxygen atoms in total. The number of carbonyl (C=O) groups excluding carboxylic acids is 1. The fourth-order valence-electron chi connectivity index (χ4n) is 1.33. The van der Waals surface area contributed by atoms with Gasteiger partial charge in [0.2, 0.25) is 20.1 Å². The Kier molecular flexibility index (Phi) is 4.88. The van der Waals surface area contributed by atoms with E-state index in [1.807, 2.05) is 0 Å². The van der Waals surface area contributed by atoms with E-state index in [2.05, 4.69) is 9.97 Å². The second kappa shape index (κ2) is 6.31. The van der Waals surface area contributed by atoms with Gasteiger partial charge < -0.3 is 0 Å². The van der Waals surface area contributed by atoms with Crippen molar-refractivity contribution in [1.82, 2.24) is 9.97 Å². The third-order valence-corrected chi connectivity index (χ3v) is 4.55. The lowest BCUT2D eigenvalue weighted by atomic mass is 10.4. The molecule has 0 aliphatic rings. The van der Waals surface area contributed by atoms with Gasteiger partial charge in [-0.25, -0.2) is 18.4 Å². The number of aromatic nitrogens is 2. The highest BCUT2D eigenvalue weighted by Gasteiger charge is 2.19. The summed E-state index contributed by atoms with van der Waals surface area (Å²) >= 11 is 12.5. The van der Waals surface area contributed by atoms with Crippen LogP contribution in [0.4, 0.5) is 0 Å². The molecule has 9 heteroatoms. The third-order valence-electron chi connectivity index (χ3n) is 2.27. The van der Waals surface area contributed by atoms with Crippen LogP contribution in [0.15, 0.2) is 40.5 Å². The minimum atomic E-state index is -3.61. The predicted molar refractivity (Wildman–Crippen MR) is 81.8 cm³/mol. The fraction of sp³-hybridized carbons (Fsp3) is 0.0833. The first-order valence-corrected chi connectivity index (χ1v) is 8.94. The van der Waals surface area contributed by atoms with Crippen molar-refractivity contribution in [3.8, 4) is 0 Å². The molecular weight excluding hydrogens is 355 g/mol. The van der Waals surface area contributed by atoms with Gasteiger partial charge in [-0.1, -0.05) is 23.2 Å². The van der Waals surface area contributed by atoms with Gasteiger partial charge in [0.05, 0.1) is 11.2 Å². The van der Waals surface area contributed by atoms with Gasteiger partial charge >= 0.3 is 0 Å². The van der Waals surface area contributed by atoms with Crippen molar-refractivity contribution in [2.24, 2.45) is 0 Å². The first kappa shape index (κ1) is 16.2. The maximum atomic E-state index is 12.2. The van der Waals surface area contributed by atoms with Crippen LogP contribution >= 0.6 is 35.0 Å². The Morgan fingerprint density at radius 2 is 1.81 bits per heavy atom. The molecule has 0 saturated carbocycles. The van der Waals surface area contributed by atoms with Gasteiger partial charge in [-0.05, 0) is 36.0 Å². The summed E-state index contributed by atoms with van der Waals surface area (Å²) in [5, 5.41) is -0.373. The van der Waals surface area contributed by atoms with Gasteiger partial charge in [0.1, 0.15) is 5.69 Å². The van der Waals surface area contributed by atoms with Crippen molar-refractivity contribution in [3.63, 3.8) is 0 Å². The lowest BCUT2D eigenvalue weighted by Crippen LogP contribution is -2.09.